The normalized spacial score (nSPS) is 15.1. The number of benzene rings is 2. The molecule has 0 bridgehead atoms. The Morgan fingerprint density at radius 1 is 1.05 bits per heavy atom. The summed E-state index contributed by atoms with van der Waals surface area (Å²) in [6, 6.07) is 16.4. The van der Waals surface area contributed by atoms with Crippen LogP contribution in [0.4, 0.5) is 4.39 Å². The van der Waals surface area contributed by atoms with Gasteiger partial charge in [-0.2, -0.15) is 0 Å². The topological polar surface area (TPSA) is 81.5 Å². The minimum Gasteiger partial charge on any atom is -0.455 e. The molecule has 0 fully saturated rings. The highest BCUT2D eigenvalue weighted by molar-refractivity contribution is 6.29. The number of ether oxygens (including phenoxy) is 1. The highest BCUT2D eigenvalue weighted by Gasteiger charge is 2.32. The number of allylic oxidation sites excluding steroid dienone is 2. The minimum atomic E-state index is -0.703. The Morgan fingerprint density at radius 2 is 1.79 bits per heavy atom. The first-order chi connectivity index (χ1) is 18.3. The lowest BCUT2D eigenvalue weighted by atomic mass is 9.83. The molecule has 188 valence electrons. The number of hydrogen-bond donors (Lipinski definition) is 0. The molecule has 1 atom stereocenters. The van der Waals surface area contributed by atoms with Gasteiger partial charge in [-0.1, -0.05) is 30.8 Å². The Morgan fingerprint density at radius 3 is 2.50 bits per heavy atom. The molecule has 7 heteroatoms. The Balaban J connectivity index is 1.30. The number of carbonyl (C=O) groups excluding carboxylic acids is 2. The van der Waals surface area contributed by atoms with Crippen molar-refractivity contribution in [3.8, 4) is 11.5 Å². The molecular weight excluding hydrogens is 481 g/mol. The van der Waals surface area contributed by atoms with E-state index in [4.69, 9.17) is 4.74 Å². The molecule has 1 aliphatic heterocycles. The van der Waals surface area contributed by atoms with Gasteiger partial charge in [-0.3, -0.25) is 24.5 Å². The lowest BCUT2D eigenvalue weighted by Crippen LogP contribution is -2.28. The number of nitrogens with zero attached hydrogens (tertiary/aromatic N) is 3. The van der Waals surface area contributed by atoms with Crippen molar-refractivity contribution in [3.05, 3.63) is 114 Å². The van der Waals surface area contributed by atoms with Crippen LogP contribution in [-0.4, -0.2) is 27.2 Å². The van der Waals surface area contributed by atoms with E-state index >= 15 is 0 Å². The Bertz CT molecular complexity index is 1640. The summed E-state index contributed by atoms with van der Waals surface area (Å²) in [7, 11) is 0. The van der Waals surface area contributed by atoms with Gasteiger partial charge in [0.1, 0.15) is 17.1 Å². The number of rotatable bonds is 7. The van der Waals surface area contributed by atoms with Crippen LogP contribution in [0.2, 0.25) is 0 Å². The third-order valence-corrected chi connectivity index (χ3v) is 6.40. The number of hydrogen-bond acceptors (Lipinski definition) is 6. The standard InChI is InChI=1S/C31H24FN3O3/c1-18(2)22-15-26-30(35-16-22)28(12-13-33-26)38-24-10-4-20(5-11-24)14-27(36)25-17-34-19(3)29(31(25)37)21-6-8-23(32)9-7-21/h4-13,15-17,29H,1,14H2,2-3H3. The molecule has 3 heterocycles. The van der Waals surface area contributed by atoms with E-state index in [2.05, 4.69) is 21.5 Å². The summed E-state index contributed by atoms with van der Waals surface area (Å²) in [5.74, 6) is -0.624. The van der Waals surface area contributed by atoms with Crippen LogP contribution in [0.15, 0.2) is 96.4 Å². The van der Waals surface area contributed by atoms with Crippen molar-refractivity contribution in [3.63, 3.8) is 0 Å². The molecule has 6 nitrogen and oxygen atoms in total. The Kier molecular flexibility index (Phi) is 6.75. The van der Waals surface area contributed by atoms with Gasteiger partial charge in [0.2, 0.25) is 0 Å². The third kappa shape index (κ3) is 5.04. The first-order valence-corrected chi connectivity index (χ1v) is 12.0. The van der Waals surface area contributed by atoms with Gasteiger partial charge in [-0.05, 0) is 66.4 Å². The van der Waals surface area contributed by atoms with Crippen LogP contribution in [0.5, 0.6) is 11.5 Å². The second kappa shape index (κ2) is 10.3. The van der Waals surface area contributed by atoms with Crippen LogP contribution >= 0.6 is 0 Å². The first-order valence-electron chi connectivity index (χ1n) is 12.0. The van der Waals surface area contributed by atoms with Crippen LogP contribution in [0.25, 0.3) is 16.6 Å². The van der Waals surface area contributed by atoms with E-state index in [-0.39, 0.29) is 23.6 Å². The van der Waals surface area contributed by atoms with Gasteiger partial charge < -0.3 is 4.74 Å². The summed E-state index contributed by atoms with van der Waals surface area (Å²) in [6.45, 7) is 7.58. The number of aromatic nitrogens is 2. The number of aliphatic imine (C=N–C) groups is 1. The molecule has 0 aliphatic carbocycles. The lowest BCUT2D eigenvalue weighted by molar-refractivity contribution is -0.121. The fourth-order valence-electron chi connectivity index (χ4n) is 4.31. The van der Waals surface area contributed by atoms with E-state index < -0.39 is 11.7 Å². The molecule has 0 spiro atoms. The summed E-state index contributed by atoms with van der Waals surface area (Å²) < 4.78 is 19.4. The number of carbonyl (C=O) groups is 2. The van der Waals surface area contributed by atoms with Crippen molar-refractivity contribution in [2.24, 2.45) is 4.99 Å². The smallest absolute Gasteiger partial charge is 0.181 e. The number of ketones is 2. The molecule has 4 aromatic rings. The van der Waals surface area contributed by atoms with Gasteiger partial charge >= 0.3 is 0 Å². The van der Waals surface area contributed by atoms with E-state index in [1.54, 1.807) is 61.8 Å². The van der Waals surface area contributed by atoms with E-state index in [0.29, 0.717) is 33.8 Å². The van der Waals surface area contributed by atoms with Crippen molar-refractivity contribution in [1.82, 2.24) is 9.97 Å². The number of pyridine rings is 2. The van der Waals surface area contributed by atoms with Crippen LogP contribution in [0, 0.1) is 5.82 Å². The SMILES string of the molecule is C=C(C)c1cnc2c(Oc3ccc(CC(=O)C4=CN=C(C)C(c5ccc(F)cc5)C4=O)cc3)ccnc2c1. The van der Waals surface area contributed by atoms with Gasteiger partial charge in [0.15, 0.2) is 17.3 Å². The molecule has 38 heavy (non-hydrogen) atoms. The number of fused-ring (bicyclic) bond motifs is 1. The maximum Gasteiger partial charge on any atom is 0.181 e. The van der Waals surface area contributed by atoms with Gasteiger partial charge in [0.25, 0.3) is 0 Å². The molecule has 1 unspecified atom stereocenters. The molecule has 0 amide bonds. The second-order valence-electron chi connectivity index (χ2n) is 9.19. The summed E-state index contributed by atoms with van der Waals surface area (Å²) in [5, 5.41) is 0. The zero-order chi connectivity index (χ0) is 26.8. The van der Waals surface area contributed by atoms with E-state index in [9.17, 15) is 14.0 Å². The average molecular weight is 506 g/mol. The predicted octanol–water partition coefficient (Wildman–Crippen LogP) is 6.42. The molecule has 2 aromatic heterocycles. The number of Topliss-reactive ketones (excluding diaryl/α,β-unsaturated/α-hetero) is 2. The lowest BCUT2D eigenvalue weighted by Gasteiger charge is -2.20. The summed E-state index contributed by atoms with van der Waals surface area (Å²) >= 11 is 0. The molecule has 0 saturated heterocycles. The maximum absolute atomic E-state index is 13.4. The van der Waals surface area contributed by atoms with E-state index in [1.165, 1.54) is 18.3 Å². The van der Waals surface area contributed by atoms with E-state index in [1.807, 2.05) is 13.0 Å². The van der Waals surface area contributed by atoms with Crippen molar-refractivity contribution in [2.45, 2.75) is 26.2 Å². The maximum atomic E-state index is 13.4. The van der Waals surface area contributed by atoms with Gasteiger partial charge in [-0.15, -0.1) is 0 Å². The van der Waals surface area contributed by atoms with Crippen LogP contribution in [-0.2, 0) is 16.0 Å². The molecule has 1 aliphatic rings. The summed E-state index contributed by atoms with van der Waals surface area (Å²) in [5.41, 5.74) is 5.07. The zero-order valence-corrected chi connectivity index (χ0v) is 20.9. The summed E-state index contributed by atoms with van der Waals surface area (Å²) in [4.78, 5) is 39.4. The fourth-order valence-corrected chi connectivity index (χ4v) is 4.31. The van der Waals surface area contributed by atoms with Crippen molar-refractivity contribution in [1.29, 1.82) is 0 Å². The van der Waals surface area contributed by atoms with Crippen LogP contribution in [0.1, 0.15) is 36.5 Å². The number of halogens is 1. The van der Waals surface area contributed by atoms with Gasteiger partial charge in [-0.25, -0.2) is 4.39 Å². The summed E-state index contributed by atoms with van der Waals surface area (Å²) in [6.07, 6.45) is 4.76. The molecule has 0 saturated carbocycles. The second-order valence-corrected chi connectivity index (χ2v) is 9.19. The molecule has 0 N–H and O–H groups in total. The third-order valence-electron chi connectivity index (χ3n) is 6.40. The van der Waals surface area contributed by atoms with Crippen molar-refractivity contribution < 1.29 is 18.7 Å². The molecule has 5 rings (SSSR count). The molecular formula is C31H24FN3O3. The van der Waals surface area contributed by atoms with Crippen molar-refractivity contribution >= 4 is 33.9 Å². The Labute approximate surface area is 219 Å². The van der Waals surface area contributed by atoms with Crippen LogP contribution < -0.4 is 4.74 Å². The fraction of sp³-hybridized carbons (Fsp3) is 0.129. The largest absolute Gasteiger partial charge is 0.455 e. The van der Waals surface area contributed by atoms with Crippen LogP contribution in [0.3, 0.4) is 0 Å². The van der Waals surface area contributed by atoms with Crippen molar-refractivity contribution in [2.75, 3.05) is 0 Å². The average Bonchev–Trinajstić information content (AvgIpc) is 2.90. The first kappa shape index (κ1) is 24.9. The predicted molar refractivity (Wildman–Crippen MR) is 145 cm³/mol. The highest BCUT2D eigenvalue weighted by Crippen LogP contribution is 2.30. The quantitative estimate of drug-likeness (QED) is 0.271. The molecule has 0 radical (unpaired) electrons. The van der Waals surface area contributed by atoms with Gasteiger partial charge in [0, 0.05) is 36.8 Å². The molecule has 2 aromatic carbocycles. The van der Waals surface area contributed by atoms with Gasteiger partial charge in [0.05, 0.1) is 17.0 Å². The minimum absolute atomic E-state index is 0.0337. The van der Waals surface area contributed by atoms with E-state index in [0.717, 1.165) is 16.7 Å². The Hall–Kier alpha value is -4.78. The zero-order valence-electron chi connectivity index (χ0n) is 20.9. The highest BCUT2D eigenvalue weighted by atomic mass is 19.1. The monoisotopic (exact) mass is 505 g/mol.